The Hall–Kier alpha value is -1.71. The standard InChI is InChI=1S/C19H25ClFN3O4S/c1-2-12-29(27,28)24-7-3-4-17(24)19(26)23-10-8-22(9-11-23)18(25)15-6-5-14(21)13-16(15)20/h5-6,13,17H,2-4,7-12H2,1H3. The van der Waals surface area contributed by atoms with E-state index in [0.717, 1.165) is 6.07 Å². The minimum atomic E-state index is -3.44. The van der Waals surface area contributed by atoms with Gasteiger partial charge in [0.1, 0.15) is 11.9 Å². The van der Waals surface area contributed by atoms with Crippen LogP contribution < -0.4 is 0 Å². The average molecular weight is 446 g/mol. The van der Waals surface area contributed by atoms with Crippen LogP contribution in [0.25, 0.3) is 0 Å². The van der Waals surface area contributed by atoms with Crippen LogP contribution in [-0.2, 0) is 14.8 Å². The number of carbonyl (C=O) groups excluding carboxylic acids is 2. The van der Waals surface area contributed by atoms with Crippen molar-refractivity contribution in [2.75, 3.05) is 38.5 Å². The summed E-state index contributed by atoms with van der Waals surface area (Å²) in [5.74, 6) is -0.984. The SMILES string of the molecule is CCCS(=O)(=O)N1CCCC1C(=O)N1CCN(C(=O)c2ccc(F)cc2Cl)CC1. The second kappa shape index (κ2) is 8.97. The smallest absolute Gasteiger partial charge is 0.255 e. The van der Waals surface area contributed by atoms with Gasteiger partial charge in [0.2, 0.25) is 15.9 Å². The molecule has 2 fully saturated rings. The van der Waals surface area contributed by atoms with Crippen LogP contribution >= 0.6 is 11.6 Å². The summed E-state index contributed by atoms with van der Waals surface area (Å²) < 4.78 is 39.4. The molecule has 0 N–H and O–H groups in total. The number of amides is 2. The summed E-state index contributed by atoms with van der Waals surface area (Å²) in [6, 6.07) is 2.98. The lowest BCUT2D eigenvalue weighted by molar-refractivity contribution is -0.136. The van der Waals surface area contributed by atoms with Crippen molar-refractivity contribution in [2.45, 2.75) is 32.2 Å². The fourth-order valence-corrected chi connectivity index (χ4v) is 5.86. The van der Waals surface area contributed by atoms with Crippen LogP contribution in [-0.4, -0.2) is 78.9 Å². The molecule has 2 aliphatic rings. The van der Waals surface area contributed by atoms with Crippen molar-refractivity contribution in [1.29, 1.82) is 0 Å². The Morgan fingerprint density at radius 3 is 2.41 bits per heavy atom. The molecular weight excluding hydrogens is 421 g/mol. The molecule has 1 unspecified atom stereocenters. The zero-order chi connectivity index (χ0) is 21.2. The van der Waals surface area contributed by atoms with E-state index in [2.05, 4.69) is 0 Å². The summed E-state index contributed by atoms with van der Waals surface area (Å²) in [7, 11) is -3.44. The van der Waals surface area contributed by atoms with Crippen molar-refractivity contribution in [1.82, 2.24) is 14.1 Å². The maximum absolute atomic E-state index is 13.2. The molecule has 29 heavy (non-hydrogen) atoms. The molecule has 10 heteroatoms. The van der Waals surface area contributed by atoms with Gasteiger partial charge in [0.05, 0.1) is 16.3 Å². The second-order valence-corrected chi connectivity index (χ2v) is 9.77. The molecule has 0 aromatic heterocycles. The summed E-state index contributed by atoms with van der Waals surface area (Å²) >= 11 is 5.98. The number of rotatable bonds is 5. The maximum Gasteiger partial charge on any atom is 0.255 e. The van der Waals surface area contributed by atoms with Gasteiger partial charge in [0.15, 0.2) is 0 Å². The summed E-state index contributed by atoms with van der Waals surface area (Å²) in [5.41, 5.74) is 0.223. The van der Waals surface area contributed by atoms with Crippen LogP contribution in [0.3, 0.4) is 0 Å². The molecule has 160 valence electrons. The Bertz CT molecular complexity index is 887. The van der Waals surface area contributed by atoms with Crippen LogP contribution in [0.2, 0.25) is 5.02 Å². The van der Waals surface area contributed by atoms with Gasteiger partial charge in [-0.25, -0.2) is 12.8 Å². The Labute approximate surface area is 175 Å². The summed E-state index contributed by atoms with van der Waals surface area (Å²) in [6.45, 7) is 3.44. The minimum Gasteiger partial charge on any atom is -0.338 e. The predicted molar refractivity (Wildman–Crippen MR) is 108 cm³/mol. The van der Waals surface area contributed by atoms with E-state index in [0.29, 0.717) is 52.0 Å². The third-order valence-electron chi connectivity index (χ3n) is 5.35. The Morgan fingerprint density at radius 2 is 1.79 bits per heavy atom. The summed E-state index contributed by atoms with van der Waals surface area (Å²) in [4.78, 5) is 28.8. The Kier molecular flexibility index (Phi) is 6.80. The molecule has 1 aromatic carbocycles. The molecule has 7 nitrogen and oxygen atoms in total. The van der Waals surface area contributed by atoms with Crippen molar-refractivity contribution in [3.05, 3.63) is 34.6 Å². The first kappa shape index (κ1) is 22.0. The van der Waals surface area contributed by atoms with Gasteiger partial charge < -0.3 is 9.80 Å². The Morgan fingerprint density at radius 1 is 1.14 bits per heavy atom. The molecule has 2 amide bonds. The normalized spacial score (nSPS) is 20.9. The zero-order valence-electron chi connectivity index (χ0n) is 16.3. The van der Waals surface area contributed by atoms with Crippen molar-refractivity contribution in [3.8, 4) is 0 Å². The van der Waals surface area contributed by atoms with Crippen LogP contribution in [0.5, 0.6) is 0 Å². The number of hydrogen-bond acceptors (Lipinski definition) is 4. The highest BCUT2D eigenvalue weighted by Crippen LogP contribution is 2.25. The van der Waals surface area contributed by atoms with Gasteiger partial charge in [-0.05, 0) is 37.5 Å². The second-order valence-electron chi connectivity index (χ2n) is 7.33. The molecule has 2 saturated heterocycles. The quantitative estimate of drug-likeness (QED) is 0.694. The van der Waals surface area contributed by atoms with Gasteiger partial charge in [-0.2, -0.15) is 4.31 Å². The van der Waals surface area contributed by atoms with Crippen LogP contribution in [0.15, 0.2) is 18.2 Å². The highest BCUT2D eigenvalue weighted by molar-refractivity contribution is 7.89. The molecule has 1 atom stereocenters. The first-order chi connectivity index (χ1) is 13.7. The van der Waals surface area contributed by atoms with E-state index < -0.39 is 21.9 Å². The number of halogens is 2. The molecule has 1 aromatic rings. The number of nitrogens with zero attached hydrogens (tertiary/aromatic N) is 3. The van der Waals surface area contributed by atoms with E-state index in [9.17, 15) is 22.4 Å². The molecule has 0 radical (unpaired) electrons. The number of carbonyl (C=O) groups is 2. The van der Waals surface area contributed by atoms with Crippen molar-refractivity contribution >= 4 is 33.4 Å². The van der Waals surface area contributed by atoms with Gasteiger partial charge in [-0.3, -0.25) is 9.59 Å². The number of benzene rings is 1. The van der Waals surface area contributed by atoms with Crippen LogP contribution in [0.4, 0.5) is 4.39 Å². The summed E-state index contributed by atoms with van der Waals surface area (Å²) in [6.07, 6.45) is 1.69. The van der Waals surface area contributed by atoms with E-state index in [1.165, 1.54) is 16.4 Å². The monoisotopic (exact) mass is 445 g/mol. The van der Waals surface area contributed by atoms with Gasteiger partial charge in [0.25, 0.3) is 5.91 Å². The molecule has 2 aliphatic heterocycles. The Balaban J connectivity index is 1.63. The highest BCUT2D eigenvalue weighted by Gasteiger charge is 2.40. The fraction of sp³-hybridized carbons (Fsp3) is 0.579. The number of piperazine rings is 1. The highest BCUT2D eigenvalue weighted by atomic mass is 35.5. The summed E-state index contributed by atoms with van der Waals surface area (Å²) in [5, 5.41) is 0.0521. The predicted octanol–water partition coefficient (Wildman–Crippen LogP) is 1.97. The molecule has 0 bridgehead atoms. The zero-order valence-corrected chi connectivity index (χ0v) is 17.9. The largest absolute Gasteiger partial charge is 0.338 e. The van der Waals surface area contributed by atoms with E-state index in [4.69, 9.17) is 11.6 Å². The number of sulfonamides is 1. The first-order valence-corrected chi connectivity index (χ1v) is 11.8. The van der Waals surface area contributed by atoms with E-state index in [1.807, 2.05) is 0 Å². The van der Waals surface area contributed by atoms with Crippen LogP contribution in [0.1, 0.15) is 36.5 Å². The van der Waals surface area contributed by atoms with Crippen LogP contribution in [0, 0.1) is 5.82 Å². The van der Waals surface area contributed by atoms with Crippen molar-refractivity contribution in [3.63, 3.8) is 0 Å². The molecule has 0 saturated carbocycles. The minimum absolute atomic E-state index is 0.0392. The van der Waals surface area contributed by atoms with Crippen molar-refractivity contribution < 1.29 is 22.4 Å². The fourth-order valence-electron chi connectivity index (χ4n) is 3.87. The maximum atomic E-state index is 13.2. The third kappa shape index (κ3) is 4.73. The van der Waals surface area contributed by atoms with Gasteiger partial charge >= 0.3 is 0 Å². The molecule has 2 heterocycles. The van der Waals surface area contributed by atoms with Gasteiger partial charge in [0, 0.05) is 32.7 Å². The number of hydrogen-bond donors (Lipinski definition) is 0. The van der Waals surface area contributed by atoms with E-state index in [-0.39, 0.29) is 28.2 Å². The van der Waals surface area contributed by atoms with Gasteiger partial charge in [-0.15, -0.1) is 0 Å². The lowest BCUT2D eigenvalue weighted by atomic mass is 10.1. The molecule has 0 aliphatic carbocycles. The average Bonchev–Trinajstić information content (AvgIpc) is 3.18. The molecule has 3 rings (SSSR count). The topological polar surface area (TPSA) is 78.0 Å². The molecular formula is C19H25ClFN3O4S. The van der Waals surface area contributed by atoms with E-state index >= 15 is 0 Å². The van der Waals surface area contributed by atoms with E-state index in [1.54, 1.807) is 16.7 Å². The first-order valence-electron chi connectivity index (χ1n) is 9.77. The van der Waals surface area contributed by atoms with Crippen molar-refractivity contribution in [2.24, 2.45) is 0 Å². The third-order valence-corrected chi connectivity index (χ3v) is 7.74. The van der Waals surface area contributed by atoms with Gasteiger partial charge in [-0.1, -0.05) is 18.5 Å². The molecule has 0 spiro atoms. The lowest BCUT2D eigenvalue weighted by Gasteiger charge is -2.37. The lowest BCUT2D eigenvalue weighted by Crippen LogP contribution is -2.55.